The summed E-state index contributed by atoms with van der Waals surface area (Å²) in [5, 5.41) is 0. The van der Waals surface area contributed by atoms with E-state index in [9.17, 15) is 0 Å². The fraction of sp³-hybridized carbons (Fsp3) is 0.889. The molecule has 0 aromatic rings. The second kappa shape index (κ2) is 2.54. The van der Waals surface area contributed by atoms with E-state index in [2.05, 4.69) is 18.4 Å². The third-order valence-corrected chi connectivity index (χ3v) is 2.81. The van der Waals surface area contributed by atoms with Gasteiger partial charge in [-0.2, -0.15) is 0 Å². The van der Waals surface area contributed by atoms with Crippen LogP contribution in [0.25, 0.3) is 0 Å². The quantitative estimate of drug-likeness (QED) is 0.491. The number of piperidine rings is 1. The fourth-order valence-electron chi connectivity index (χ4n) is 2.49. The second-order valence-corrected chi connectivity index (χ2v) is 3.95. The van der Waals surface area contributed by atoms with Gasteiger partial charge in [0.25, 0.3) is 0 Å². The normalized spacial score (nSPS) is 41.7. The molecule has 1 radical (unpaired) electrons. The molecule has 2 atom stereocenters. The molecule has 1 aliphatic carbocycles. The van der Waals surface area contributed by atoms with E-state index in [4.69, 9.17) is 0 Å². The van der Waals surface area contributed by atoms with E-state index in [-0.39, 0.29) is 0 Å². The lowest BCUT2D eigenvalue weighted by atomic mass is 9.78. The summed E-state index contributed by atoms with van der Waals surface area (Å²) in [5.41, 5.74) is 0. The van der Waals surface area contributed by atoms with Crippen LogP contribution < -0.4 is 0 Å². The van der Waals surface area contributed by atoms with Crippen LogP contribution in [0.5, 0.6) is 0 Å². The lowest BCUT2D eigenvalue weighted by Gasteiger charge is -2.39. The van der Waals surface area contributed by atoms with E-state index in [1.165, 1.54) is 32.4 Å². The Kier molecular flexibility index (Phi) is 1.69. The monoisotopic (exact) mass is 138 g/mol. The minimum atomic E-state index is 0.998. The van der Waals surface area contributed by atoms with Gasteiger partial charge in [0.1, 0.15) is 0 Å². The van der Waals surface area contributed by atoms with Gasteiger partial charge in [-0.1, -0.05) is 0 Å². The predicted octanol–water partition coefficient (Wildman–Crippen LogP) is 1.55. The Labute approximate surface area is 63.4 Å². The Morgan fingerprint density at radius 2 is 1.80 bits per heavy atom. The molecule has 0 aromatic heterocycles. The fourth-order valence-corrected chi connectivity index (χ4v) is 2.49. The summed E-state index contributed by atoms with van der Waals surface area (Å²) < 4.78 is 0. The van der Waals surface area contributed by atoms with Crippen molar-refractivity contribution in [3.05, 3.63) is 6.42 Å². The highest BCUT2D eigenvalue weighted by Gasteiger charge is 2.28. The van der Waals surface area contributed by atoms with Crippen molar-refractivity contribution in [2.75, 3.05) is 20.1 Å². The third kappa shape index (κ3) is 1.20. The molecule has 1 heteroatoms. The van der Waals surface area contributed by atoms with Crippen LogP contribution in [0, 0.1) is 18.3 Å². The maximum absolute atomic E-state index is 2.49. The van der Waals surface area contributed by atoms with Crippen molar-refractivity contribution in [3.63, 3.8) is 0 Å². The Balaban J connectivity index is 1.98. The highest BCUT2D eigenvalue weighted by Crippen LogP contribution is 2.32. The molecule has 2 aliphatic rings. The van der Waals surface area contributed by atoms with Gasteiger partial charge in [-0.15, -0.1) is 0 Å². The summed E-state index contributed by atoms with van der Waals surface area (Å²) in [6, 6.07) is 0. The lowest BCUT2D eigenvalue weighted by molar-refractivity contribution is 0.128. The van der Waals surface area contributed by atoms with Crippen LogP contribution in [0.2, 0.25) is 0 Å². The molecule has 0 N–H and O–H groups in total. The first-order chi connectivity index (χ1) is 4.84. The van der Waals surface area contributed by atoms with E-state index >= 15 is 0 Å². The average molecular weight is 138 g/mol. The molecule has 0 aromatic carbocycles. The minimum absolute atomic E-state index is 0.998. The molecule has 1 heterocycles. The van der Waals surface area contributed by atoms with E-state index in [0.717, 1.165) is 11.8 Å². The Hall–Kier alpha value is -0.0400. The number of fused-ring (bicyclic) bond motifs is 2. The van der Waals surface area contributed by atoms with Crippen molar-refractivity contribution in [2.45, 2.75) is 19.3 Å². The van der Waals surface area contributed by atoms with Crippen LogP contribution >= 0.6 is 0 Å². The lowest BCUT2D eigenvalue weighted by Crippen LogP contribution is -2.40. The smallest absolute Gasteiger partial charge is 0.000694 e. The summed E-state index contributed by atoms with van der Waals surface area (Å²) >= 11 is 0. The summed E-state index contributed by atoms with van der Waals surface area (Å²) in [6.45, 7) is 2.68. The van der Waals surface area contributed by atoms with Gasteiger partial charge in [-0.25, -0.2) is 0 Å². The first kappa shape index (κ1) is 6.66. The molecule has 2 fully saturated rings. The Morgan fingerprint density at radius 3 is 2.40 bits per heavy atom. The molecule has 0 spiro atoms. The number of rotatable bonds is 0. The summed E-state index contributed by atoms with van der Waals surface area (Å²) in [5.74, 6) is 2.00. The van der Waals surface area contributed by atoms with Crippen LogP contribution in [-0.2, 0) is 0 Å². The summed E-state index contributed by atoms with van der Waals surface area (Å²) in [4.78, 5) is 2.49. The second-order valence-electron chi connectivity index (χ2n) is 3.95. The number of hydrogen-bond acceptors (Lipinski definition) is 1. The van der Waals surface area contributed by atoms with Crippen LogP contribution in [0.4, 0.5) is 0 Å². The van der Waals surface area contributed by atoms with Crippen molar-refractivity contribution >= 4 is 0 Å². The Bertz CT molecular complexity index is 106. The summed E-state index contributed by atoms with van der Waals surface area (Å²) in [6.07, 6.45) is 6.74. The first-order valence-electron chi connectivity index (χ1n) is 4.35. The average Bonchev–Trinajstić information content (AvgIpc) is 1.85. The van der Waals surface area contributed by atoms with Gasteiger partial charge in [0.2, 0.25) is 0 Å². The van der Waals surface area contributed by atoms with E-state index in [1.54, 1.807) is 0 Å². The molecule has 1 saturated heterocycles. The number of nitrogens with zero attached hydrogens (tertiary/aromatic N) is 1. The van der Waals surface area contributed by atoms with Gasteiger partial charge in [0, 0.05) is 13.1 Å². The zero-order valence-corrected chi connectivity index (χ0v) is 6.71. The molecule has 1 nitrogen and oxygen atoms in total. The highest BCUT2D eigenvalue weighted by atomic mass is 15.1. The molecule has 1 aliphatic heterocycles. The van der Waals surface area contributed by atoms with Crippen molar-refractivity contribution in [3.8, 4) is 0 Å². The van der Waals surface area contributed by atoms with Gasteiger partial charge in [-0.3, -0.25) is 0 Å². The number of likely N-dealkylation sites (tertiary alicyclic amines) is 1. The predicted molar refractivity (Wildman–Crippen MR) is 42.6 cm³/mol. The molecule has 57 valence electrons. The standard InChI is InChI=1S/C9H16N/c1-10-6-8-3-2-4-9(5-8)7-10/h2,8-9H,3-7H2,1H3. The number of hydrogen-bond donors (Lipinski definition) is 0. The maximum atomic E-state index is 2.49. The maximum Gasteiger partial charge on any atom is 0.000694 e. The SMILES string of the molecule is CN1CC2C[CH]CC(C2)C1. The van der Waals surface area contributed by atoms with Crippen LogP contribution in [0.1, 0.15) is 19.3 Å². The zero-order chi connectivity index (χ0) is 6.97. The molecular weight excluding hydrogens is 122 g/mol. The molecule has 2 bridgehead atoms. The van der Waals surface area contributed by atoms with E-state index in [0.29, 0.717) is 0 Å². The molecule has 2 rings (SSSR count). The largest absolute Gasteiger partial charge is 0.306 e. The first-order valence-corrected chi connectivity index (χ1v) is 4.35. The van der Waals surface area contributed by atoms with E-state index in [1.807, 2.05) is 0 Å². The Morgan fingerprint density at radius 1 is 1.20 bits per heavy atom. The van der Waals surface area contributed by atoms with Crippen molar-refractivity contribution < 1.29 is 0 Å². The molecule has 1 saturated carbocycles. The zero-order valence-electron chi connectivity index (χ0n) is 6.71. The van der Waals surface area contributed by atoms with E-state index < -0.39 is 0 Å². The van der Waals surface area contributed by atoms with Gasteiger partial charge in [-0.05, 0) is 44.6 Å². The molecule has 2 unspecified atom stereocenters. The van der Waals surface area contributed by atoms with Crippen LogP contribution in [-0.4, -0.2) is 25.0 Å². The molecule has 10 heavy (non-hydrogen) atoms. The van der Waals surface area contributed by atoms with Crippen LogP contribution in [0.3, 0.4) is 0 Å². The van der Waals surface area contributed by atoms with Gasteiger partial charge >= 0.3 is 0 Å². The topological polar surface area (TPSA) is 3.24 Å². The van der Waals surface area contributed by atoms with Gasteiger partial charge < -0.3 is 4.90 Å². The van der Waals surface area contributed by atoms with Gasteiger partial charge in [0.15, 0.2) is 0 Å². The highest BCUT2D eigenvalue weighted by molar-refractivity contribution is 4.89. The molecular formula is C9H16N. The van der Waals surface area contributed by atoms with Crippen molar-refractivity contribution in [1.29, 1.82) is 0 Å². The van der Waals surface area contributed by atoms with Crippen molar-refractivity contribution in [2.24, 2.45) is 11.8 Å². The van der Waals surface area contributed by atoms with Crippen LogP contribution in [0.15, 0.2) is 0 Å². The van der Waals surface area contributed by atoms with Gasteiger partial charge in [0.05, 0.1) is 0 Å². The third-order valence-electron chi connectivity index (χ3n) is 2.81. The van der Waals surface area contributed by atoms with Crippen molar-refractivity contribution in [1.82, 2.24) is 4.90 Å². The minimum Gasteiger partial charge on any atom is -0.306 e. The molecule has 0 amide bonds. The summed E-state index contributed by atoms with van der Waals surface area (Å²) in [7, 11) is 2.25.